The highest BCUT2D eigenvalue weighted by molar-refractivity contribution is 9.10. The Bertz CT molecular complexity index is 385. The lowest BCUT2D eigenvalue weighted by Gasteiger charge is -2.03. The van der Waals surface area contributed by atoms with Gasteiger partial charge in [0.1, 0.15) is 6.10 Å². The lowest BCUT2D eigenvalue weighted by atomic mass is 10.2. The molecule has 13 heavy (non-hydrogen) atoms. The minimum atomic E-state index is -0.725. The first-order chi connectivity index (χ1) is 6.29. The minimum Gasteiger partial charge on any atom is -0.465 e. The van der Waals surface area contributed by atoms with Crippen LogP contribution in [-0.2, 0) is 0 Å². The summed E-state index contributed by atoms with van der Waals surface area (Å²) < 4.78 is 5.90. The molecular formula is C8H6BrNO2S. The summed E-state index contributed by atoms with van der Waals surface area (Å²) in [5, 5.41) is 9.80. The van der Waals surface area contributed by atoms with Gasteiger partial charge >= 0.3 is 0 Å². The van der Waals surface area contributed by atoms with Gasteiger partial charge in [0.2, 0.25) is 0 Å². The van der Waals surface area contributed by atoms with Crippen LogP contribution in [0.15, 0.2) is 32.9 Å². The van der Waals surface area contributed by atoms with Crippen LogP contribution in [0.1, 0.15) is 16.7 Å². The summed E-state index contributed by atoms with van der Waals surface area (Å²) in [5.41, 5.74) is 1.68. The van der Waals surface area contributed by atoms with Crippen LogP contribution in [-0.4, -0.2) is 10.1 Å². The Kier molecular flexibility index (Phi) is 2.48. The molecule has 3 nitrogen and oxygen atoms in total. The molecule has 1 unspecified atom stereocenters. The molecule has 0 saturated carbocycles. The zero-order chi connectivity index (χ0) is 9.26. The molecule has 0 radical (unpaired) electrons. The maximum Gasteiger partial charge on any atom is 0.151 e. The van der Waals surface area contributed by atoms with Gasteiger partial charge in [-0.2, -0.15) is 0 Å². The average Bonchev–Trinajstić information content (AvgIpc) is 2.72. The third kappa shape index (κ3) is 1.67. The van der Waals surface area contributed by atoms with Crippen molar-refractivity contribution in [3.05, 3.63) is 39.1 Å². The zero-order valence-corrected chi connectivity index (χ0v) is 8.88. The van der Waals surface area contributed by atoms with Crippen molar-refractivity contribution in [2.75, 3.05) is 0 Å². The molecule has 2 rings (SSSR count). The first kappa shape index (κ1) is 8.93. The lowest BCUT2D eigenvalue weighted by Crippen LogP contribution is -1.95. The number of nitrogens with zero attached hydrogens (tertiary/aromatic N) is 1. The van der Waals surface area contributed by atoms with Crippen LogP contribution in [0.3, 0.4) is 0 Å². The van der Waals surface area contributed by atoms with Gasteiger partial charge in [-0.1, -0.05) is 0 Å². The quantitative estimate of drug-likeness (QED) is 0.902. The van der Waals surface area contributed by atoms with Crippen molar-refractivity contribution < 1.29 is 9.52 Å². The summed E-state index contributed by atoms with van der Waals surface area (Å²) in [6, 6.07) is 1.75. The van der Waals surface area contributed by atoms with Crippen LogP contribution in [0.2, 0.25) is 0 Å². The van der Waals surface area contributed by atoms with Crippen LogP contribution < -0.4 is 0 Å². The van der Waals surface area contributed by atoms with Gasteiger partial charge < -0.3 is 9.52 Å². The Morgan fingerprint density at radius 1 is 1.62 bits per heavy atom. The van der Waals surface area contributed by atoms with Crippen molar-refractivity contribution in [3.63, 3.8) is 0 Å². The minimum absolute atomic E-state index is 0.518. The van der Waals surface area contributed by atoms with E-state index in [0.29, 0.717) is 5.76 Å². The zero-order valence-electron chi connectivity index (χ0n) is 6.48. The van der Waals surface area contributed by atoms with Crippen molar-refractivity contribution in [1.29, 1.82) is 0 Å². The summed E-state index contributed by atoms with van der Waals surface area (Å²) in [6.45, 7) is 0. The molecule has 68 valence electrons. The van der Waals surface area contributed by atoms with Gasteiger partial charge in [0.15, 0.2) is 5.76 Å². The third-order valence-corrected chi connectivity index (χ3v) is 3.10. The number of aliphatic hydroxyl groups excluding tert-OH is 1. The fraction of sp³-hybridized carbons (Fsp3) is 0.125. The van der Waals surface area contributed by atoms with Crippen molar-refractivity contribution in [1.82, 2.24) is 4.98 Å². The standard InChI is InChI=1S/C8H6BrNO2S/c9-5-1-2-12-8(5)7(11)6-3-10-4-13-6/h1-4,7,11H. The van der Waals surface area contributed by atoms with Gasteiger partial charge in [-0.25, -0.2) is 0 Å². The summed E-state index contributed by atoms with van der Waals surface area (Å²) in [5.74, 6) is 0.518. The summed E-state index contributed by atoms with van der Waals surface area (Å²) in [7, 11) is 0. The summed E-state index contributed by atoms with van der Waals surface area (Å²) in [6.07, 6.45) is 2.44. The molecule has 0 aliphatic rings. The smallest absolute Gasteiger partial charge is 0.151 e. The Morgan fingerprint density at radius 3 is 3.00 bits per heavy atom. The second kappa shape index (κ2) is 3.61. The maximum absolute atomic E-state index is 9.80. The maximum atomic E-state index is 9.80. The second-order valence-corrected chi connectivity index (χ2v) is 4.21. The van der Waals surface area contributed by atoms with Crippen molar-refractivity contribution >= 4 is 27.3 Å². The van der Waals surface area contributed by atoms with E-state index < -0.39 is 6.10 Å². The molecular weight excluding hydrogens is 254 g/mol. The van der Waals surface area contributed by atoms with E-state index in [2.05, 4.69) is 20.9 Å². The number of hydrogen-bond acceptors (Lipinski definition) is 4. The largest absolute Gasteiger partial charge is 0.465 e. The van der Waals surface area contributed by atoms with Crippen LogP contribution in [0.4, 0.5) is 0 Å². The van der Waals surface area contributed by atoms with E-state index in [1.807, 2.05) is 0 Å². The number of furan rings is 1. The molecule has 0 aliphatic heterocycles. The number of thiazole rings is 1. The molecule has 5 heteroatoms. The highest BCUT2D eigenvalue weighted by Crippen LogP contribution is 2.30. The monoisotopic (exact) mass is 259 g/mol. The van der Waals surface area contributed by atoms with E-state index in [9.17, 15) is 5.11 Å². The fourth-order valence-electron chi connectivity index (χ4n) is 0.990. The molecule has 0 bridgehead atoms. The van der Waals surface area contributed by atoms with E-state index in [1.54, 1.807) is 17.8 Å². The Hall–Kier alpha value is -0.650. The molecule has 0 amide bonds. The summed E-state index contributed by atoms with van der Waals surface area (Å²) in [4.78, 5) is 4.66. The van der Waals surface area contributed by atoms with Gasteiger partial charge in [0.25, 0.3) is 0 Å². The second-order valence-electron chi connectivity index (χ2n) is 2.44. The fourth-order valence-corrected chi connectivity index (χ4v) is 2.01. The Balaban J connectivity index is 2.33. The van der Waals surface area contributed by atoms with Gasteiger partial charge in [-0.3, -0.25) is 4.98 Å². The molecule has 0 saturated heterocycles. The molecule has 0 aromatic carbocycles. The molecule has 0 aliphatic carbocycles. The number of aliphatic hydroxyl groups is 1. The average molecular weight is 260 g/mol. The van der Waals surface area contributed by atoms with E-state index in [-0.39, 0.29) is 0 Å². The van der Waals surface area contributed by atoms with Gasteiger partial charge in [-0.05, 0) is 22.0 Å². The summed E-state index contributed by atoms with van der Waals surface area (Å²) >= 11 is 4.68. The third-order valence-electron chi connectivity index (χ3n) is 1.61. The highest BCUT2D eigenvalue weighted by Gasteiger charge is 2.17. The first-order valence-corrected chi connectivity index (χ1v) is 5.25. The normalized spacial score (nSPS) is 13.1. The highest BCUT2D eigenvalue weighted by atomic mass is 79.9. The SMILES string of the molecule is OC(c1cncs1)c1occc1Br. The number of aromatic nitrogens is 1. The number of rotatable bonds is 2. The van der Waals surface area contributed by atoms with Crippen molar-refractivity contribution in [3.8, 4) is 0 Å². The Morgan fingerprint density at radius 2 is 2.46 bits per heavy atom. The molecule has 0 fully saturated rings. The topological polar surface area (TPSA) is 46.3 Å². The molecule has 1 N–H and O–H groups in total. The molecule has 2 aromatic heterocycles. The van der Waals surface area contributed by atoms with E-state index in [0.717, 1.165) is 9.35 Å². The van der Waals surface area contributed by atoms with Crippen LogP contribution in [0.5, 0.6) is 0 Å². The van der Waals surface area contributed by atoms with E-state index in [4.69, 9.17) is 4.42 Å². The molecule has 1 atom stereocenters. The number of hydrogen-bond donors (Lipinski definition) is 1. The van der Waals surface area contributed by atoms with Gasteiger partial charge in [0, 0.05) is 6.20 Å². The van der Waals surface area contributed by atoms with Crippen molar-refractivity contribution in [2.24, 2.45) is 0 Å². The van der Waals surface area contributed by atoms with Crippen LogP contribution >= 0.6 is 27.3 Å². The first-order valence-electron chi connectivity index (χ1n) is 3.58. The molecule has 0 spiro atoms. The van der Waals surface area contributed by atoms with Crippen LogP contribution in [0, 0.1) is 0 Å². The molecule has 2 aromatic rings. The lowest BCUT2D eigenvalue weighted by molar-refractivity contribution is 0.191. The van der Waals surface area contributed by atoms with Crippen LogP contribution in [0.25, 0.3) is 0 Å². The van der Waals surface area contributed by atoms with E-state index in [1.165, 1.54) is 17.6 Å². The molecule has 2 heterocycles. The van der Waals surface area contributed by atoms with Gasteiger partial charge in [0.05, 0.1) is 21.1 Å². The van der Waals surface area contributed by atoms with Crippen molar-refractivity contribution in [2.45, 2.75) is 6.10 Å². The van der Waals surface area contributed by atoms with E-state index >= 15 is 0 Å². The predicted molar refractivity (Wildman–Crippen MR) is 52.6 cm³/mol. The van der Waals surface area contributed by atoms with Gasteiger partial charge in [-0.15, -0.1) is 11.3 Å². The predicted octanol–water partition coefficient (Wildman–Crippen LogP) is 2.58. The Labute approximate surface area is 87.2 Å². The number of halogens is 1.